The molecule has 0 fully saturated rings. The SMILES string of the molecule is CCC(=O)C1=C(O)C(=O)N(c2cccc(C)c2)C1c1cccc(O)c1. The third-order valence-corrected chi connectivity index (χ3v) is 4.30. The molecule has 0 saturated heterocycles. The van der Waals surface area contributed by atoms with Gasteiger partial charge in [-0.05, 0) is 42.3 Å². The highest BCUT2D eigenvalue weighted by Crippen LogP contribution is 2.42. The van der Waals surface area contributed by atoms with Gasteiger partial charge >= 0.3 is 0 Å². The first kappa shape index (κ1) is 16.8. The minimum absolute atomic E-state index is 0.0313. The zero-order valence-electron chi connectivity index (χ0n) is 14.1. The normalized spacial score (nSPS) is 17.3. The Labute approximate surface area is 145 Å². The van der Waals surface area contributed by atoms with Gasteiger partial charge in [-0.2, -0.15) is 0 Å². The van der Waals surface area contributed by atoms with E-state index in [9.17, 15) is 19.8 Å². The number of ketones is 1. The molecule has 5 nitrogen and oxygen atoms in total. The van der Waals surface area contributed by atoms with Crippen molar-refractivity contribution in [1.29, 1.82) is 0 Å². The van der Waals surface area contributed by atoms with Crippen LogP contribution in [0.1, 0.15) is 30.5 Å². The number of carbonyl (C=O) groups excluding carboxylic acids is 2. The van der Waals surface area contributed by atoms with Crippen LogP contribution in [-0.2, 0) is 9.59 Å². The van der Waals surface area contributed by atoms with Crippen LogP contribution in [0, 0.1) is 6.92 Å². The van der Waals surface area contributed by atoms with Gasteiger partial charge in [0, 0.05) is 12.1 Å². The van der Waals surface area contributed by atoms with Crippen molar-refractivity contribution in [3.8, 4) is 5.75 Å². The Morgan fingerprint density at radius 1 is 1.12 bits per heavy atom. The fraction of sp³-hybridized carbons (Fsp3) is 0.200. The first-order valence-electron chi connectivity index (χ1n) is 8.09. The summed E-state index contributed by atoms with van der Waals surface area (Å²) < 4.78 is 0. The van der Waals surface area contributed by atoms with E-state index in [-0.39, 0.29) is 23.5 Å². The number of carbonyl (C=O) groups is 2. The van der Waals surface area contributed by atoms with Crippen LogP contribution in [0.3, 0.4) is 0 Å². The molecule has 0 spiro atoms. The number of aryl methyl sites for hydroxylation is 1. The maximum atomic E-state index is 12.7. The van der Waals surface area contributed by atoms with Gasteiger partial charge in [-0.1, -0.05) is 31.2 Å². The van der Waals surface area contributed by atoms with E-state index in [2.05, 4.69) is 0 Å². The van der Waals surface area contributed by atoms with Crippen LogP contribution < -0.4 is 4.90 Å². The molecule has 1 amide bonds. The van der Waals surface area contributed by atoms with E-state index in [1.54, 1.807) is 25.1 Å². The second kappa shape index (κ2) is 6.43. The quantitative estimate of drug-likeness (QED) is 0.894. The van der Waals surface area contributed by atoms with Gasteiger partial charge < -0.3 is 10.2 Å². The summed E-state index contributed by atoms with van der Waals surface area (Å²) >= 11 is 0. The lowest BCUT2D eigenvalue weighted by molar-refractivity contribution is -0.118. The monoisotopic (exact) mass is 337 g/mol. The van der Waals surface area contributed by atoms with Gasteiger partial charge in [-0.15, -0.1) is 0 Å². The van der Waals surface area contributed by atoms with Crippen molar-refractivity contribution < 1.29 is 19.8 Å². The van der Waals surface area contributed by atoms with Gasteiger partial charge in [0.15, 0.2) is 11.5 Å². The van der Waals surface area contributed by atoms with Crippen molar-refractivity contribution in [2.75, 3.05) is 4.90 Å². The van der Waals surface area contributed by atoms with Crippen molar-refractivity contribution in [1.82, 2.24) is 0 Å². The first-order chi connectivity index (χ1) is 11.9. The van der Waals surface area contributed by atoms with Crippen LogP contribution in [0.25, 0.3) is 0 Å². The summed E-state index contributed by atoms with van der Waals surface area (Å²) in [4.78, 5) is 26.5. The molecule has 0 bridgehead atoms. The summed E-state index contributed by atoms with van der Waals surface area (Å²) in [6.07, 6.45) is 0.170. The smallest absolute Gasteiger partial charge is 0.294 e. The summed E-state index contributed by atoms with van der Waals surface area (Å²) in [5.74, 6) is -1.41. The van der Waals surface area contributed by atoms with Crippen LogP contribution in [0.5, 0.6) is 5.75 Å². The lowest BCUT2D eigenvalue weighted by atomic mass is 9.94. The Kier molecular flexibility index (Phi) is 4.31. The number of phenolic OH excluding ortho intramolecular Hbond substituents is 1. The topological polar surface area (TPSA) is 77.8 Å². The van der Waals surface area contributed by atoms with E-state index in [1.807, 2.05) is 25.1 Å². The van der Waals surface area contributed by atoms with E-state index in [0.29, 0.717) is 11.3 Å². The highest BCUT2D eigenvalue weighted by Gasteiger charge is 2.43. The number of benzene rings is 2. The molecule has 0 radical (unpaired) electrons. The van der Waals surface area contributed by atoms with E-state index < -0.39 is 17.7 Å². The standard InChI is InChI=1S/C20H19NO4/c1-3-16(23)17-18(13-7-5-9-15(22)11-13)21(20(25)19(17)24)14-8-4-6-12(2)10-14/h4-11,18,22,24H,3H2,1-2H3. The Bertz CT molecular complexity index is 885. The number of nitrogens with zero attached hydrogens (tertiary/aromatic N) is 1. The number of aromatic hydroxyl groups is 1. The van der Waals surface area contributed by atoms with Crippen molar-refractivity contribution in [2.45, 2.75) is 26.3 Å². The number of Topliss-reactive ketones (excluding diaryl/α,β-unsaturated/α-hetero) is 1. The predicted molar refractivity (Wildman–Crippen MR) is 94.5 cm³/mol. The molecule has 25 heavy (non-hydrogen) atoms. The van der Waals surface area contributed by atoms with Crippen molar-refractivity contribution in [3.63, 3.8) is 0 Å². The minimum Gasteiger partial charge on any atom is -0.508 e. The number of phenols is 1. The number of aliphatic hydroxyl groups is 1. The lowest BCUT2D eigenvalue weighted by Gasteiger charge is -2.27. The third-order valence-electron chi connectivity index (χ3n) is 4.30. The van der Waals surface area contributed by atoms with Gasteiger partial charge in [0.05, 0.1) is 11.6 Å². The summed E-state index contributed by atoms with van der Waals surface area (Å²) in [5, 5.41) is 20.2. The molecule has 1 aliphatic heterocycles. The molecule has 0 saturated carbocycles. The highest BCUT2D eigenvalue weighted by atomic mass is 16.3. The van der Waals surface area contributed by atoms with Crippen molar-refractivity contribution in [2.24, 2.45) is 0 Å². The van der Waals surface area contributed by atoms with Crippen LogP contribution in [0.4, 0.5) is 5.69 Å². The van der Waals surface area contributed by atoms with Crippen LogP contribution in [-0.4, -0.2) is 21.9 Å². The molecule has 0 aromatic heterocycles. The van der Waals surface area contributed by atoms with Gasteiger partial charge in [0.1, 0.15) is 5.75 Å². The summed E-state index contributed by atoms with van der Waals surface area (Å²) in [6, 6.07) is 12.9. The van der Waals surface area contributed by atoms with E-state index in [1.165, 1.54) is 17.0 Å². The Morgan fingerprint density at radius 2 is 1.84 bits per heavy atom. The zero-order valence-corrected chi connectivity index (χ0v) is 14.1. The van der Waals surface area contributed by atoms with Crippen molar-refractivity contribution in [3.05, 3.63) is 71.0 Å². The number of rotatable bonds is 4. The summed E-state index contributed by atoms with van der Waals surface area (Å²) in [6.45, 7) is 3.58. The fourth-order valence-corrected chi connectivity index (χ4v) is 3.13. The molecule has 3 rings (SSSR count). The largest absolute Gasteiger partial charge is 0.508 e. The average Bonchev–Trinajstić information content (AvgIpc) is 2.86. The maximum absolute atomic E-state index is 12.7. The number of anilines is 1. The molecular weight excluding hydrogens is 318 g/mol. The van der Waals surface area contributed by atoms with Crippen LogP contribution in [0.2, 0.25) is 0 Å². The van der Waals surface area contributed by atoms with Gasteiger partial charge in [0.2, 0.25) is 0 Å². The maximum Gasteiger partial charge on any atom is 0.294 e. The van der Waals surface area contributed by atoms with E-state index in [0.717, 1.165) is 5.56 Å². The third kappa shape index (κ3) is 2.89. The molecule has 2 aromatic carbocycles. The zero-order chi connectivity index (χ0) is 18.1. The molecule has 1 heterocycles. The molecule has 2 aromatic rings. The van der Waals surface area contributed by atoms with Crippen LogP contribution in [0.15, 0.2) is 59.9 Å². The average molecular weight is 337 g/mol. The summed E-state index contributed by atoms with van der Waals surface area (Å²) in [7, 11) is 0. The van der Waals surface area contributed by atoms with Crippen molar-refractivity contribution >= 4 is 17.4 Å². The summed E-state index contributed by atoms with van der Waals surface area (Å²) in [5.41, 5.74) is 2.17. The number of aliphatic hydroxyl groups excluding tert-OH is 1. The molecule has 1 aliphatic rings. The lowest BCUT2D eigenvalue weighted by Crippen LogP contribution is -2.31. The second-order valence-electron chi connectivity index (χ2n) is 6.05. The minimum atomic E-state index is -0.770. The highest BCUT2D eigenvalue weighted by molar-refractivity contribution is 6.16. The van der Waals surface area contributed by atoms with Gasteiger partial charge in [-0.25, -0.2) is 0 Å². The number of hydrogen-bond donors (Lipinski definition) is 2. The molecule has 1 unspecified atom stereocenters. The Balaban J connectivity index is 2.20. The molecule has 2 N–H and O–H groups in total. The van der Waals surface area contributed by atoms with Crippen LogP contribution >= 0.6 is 0 Å². The molecule has 1 atom stereocenters. The molecule has 0 aliphatic carbocycles. The molecule has 128 valence electrons. The van der Waals surface area contributed by atoms with E-state index in [4.69, 9.17) is 0 Å². The van der Waals surface area contributed by atoms with Gasteiger partial charge in [-0.3, -0.25) is 14.5 Å². The molecule has 5 heteroatoms. The predicted octanol–water partition coefficient (Wildman–Crippen LogP) is 3.58. The number of amides is 1. The fourth-order valence-electron chi connectivity index (χ4n) is 3.13. The Hall–Kier alpha value is -3.08. The number of hydrogen-bond acceptors (Lipinski definition) is 4. The first-order valence-corrected chi connectivity index (χ1v) is 8.09. The molecular formula is C20H19NO4. The second-order valence-corrected chi connectivity index (χ2v) is 6.05. The Morgan fingerprint density at radius 3 is 2.48 bits per heavy atom. The van der Waals surface area contributed by atoms with E-state index >= 15 is 0 Å². The van der Waals surface area contributed by atoms with Gasteiger partial charge in [0.25, 0.3) is 5.91 Å².